The predicted octanol–water partition coefficient (Wildman–Crippen LogP) is 1.40. The van der Waals surface area contributed by atoms with Crippen LogP contribution in [0.3, 0.4) is 0 Å². The Balaban J connectivity index is 1.78. The fourth-order valence-corrected chi connectivity index (χ4v) is 1.94. The number of hydrogen-bond donors (Lipinski definition) is 1. The van der Waals surface area contributed by atoms with Crippen molar-refractivity contribution < 1.29 is 9.21 Å². The molecule has 3 aromatic heterocycles. The van der Waals surface area contributed by atoms with Crippen molar-refractivity contribution >= 4 is 5.91 Å². The highest BCUT2D eigenvalue weighted by Gasteiger charge is 2.12. The lowest BCUT2D eigenvalue weighted by Gasteiger charge is -2.06. The molecule has 7 heteroatoms. The Morgan fingerprint density at radius 3 is 2.95 bits per heavy atom. The number of amides is 1. The number of furan rings is 1. The number of aromatic nitrogens is 4. The van der Waals surface area contributed by atoms with Gasteiger partial charge in [0.15, 0.2) is 0 Å². The maximum atomic E-state index is 11.9. The molecule has 0 aliphatic carbocycles. The molecule has 0 aliphatic rings. The first-order valence-electron chi connectivity index (χ1n) is 6.33. The Hall–Kier alpha value is -2.96. The second-order valence-electron chi connectivity index (χ2n) is 4.45. The number of carbonyl (C=O) groups excluding carboxylic acids is 1. The first-order valence-corrected chi connectivity index (χ1v) is 6.33. The van der Waals surface area contributed by atoms with Crippen LogP contribution in [0.5, 0.6) is 0 Å². The fraction of sp³-hybridized carbons (Fsp3) is 0.143. The zero-order valence-corrected chi connectivity index (χ0v) is 11.4. The molecule has 0 fully saturated rings. The normalized spacial score (nSPS) is 10.5. The molecule has 7 nitrogen and oxygen atoms in total. The van der Waals surface area contributed by atoms with E-state index in [4.69, 9.17) is 4.42 Å². The van der Waals surface area contributed by atoms with E-state index < -0.39 is 0 Å². The van der Waals surface area contributed by atoms with Crippen LogP contribution in [0, 0.1) is 0 Å². The Morgan fingerprint density at radius 1 is 1.38 bits per heavy atom. The minimum absolute atomic E-state index is 0.216. The van der Waals surface area contributed by atoms with Crippen LogP contribution in [0.15, 0.2) is 47.8 Å². The van der Waals surface area contributed by atoms with Gasteiger partial charge in [0, 0.05) is 31.2 Å². The fourth-order valence-electron chi connectivity index (χ4n) is 1.94. The SMILES string of the molecule is Cn1cc(-c2nccnc2CNC(=O)c2ccoc2)cn1. The summed E-state index contributed by atoms with van der Waals surface area (Å²) in [6.07, 6.45) is 9.63. The Labute approximate surface area is 120 Å². The summed E-state index contributed by atoms with van der Waals surface area (Å²) in [4.78, 5) is 20.5. The van der Waals surface area contributed by atoms with Gasteiger partial charge in [-0.3, -0.25) is 19.4 Å². The summed E-state index contributed by atoms with van der Waals surface area (Å²) in [5.74, 6) is -0.216. The number of carbonyl (C=O) groups is 1. The molecule has 0 aliphatic heterocycles. The minimum Gasteiger partial charge on any atom is -0.472 e. The number of aryl methyl sites for hydroxylation is 1. The zero-order chi connectivity index (χ0) is 14.7. The van der Waals surface area contributed by atoms with Crippen LogP contribution in [0.25, 0.3) is 11.3 Å². The molecule has 0 spiro atoms. The van der Waals surface area contributed by atoms with E-state index in [0.29, 0.717) is 17.0 Å². The molecule has 21 heavy (non-hydrogen) atoms. The third kappa shape index (κ3) is 2.81. The van der Waals surface area contributed by atoms with Gasteiger partial charge in [-0.1, -0.05) is 0 Å². The van der Waals surface area contributed by atoms with E-state index in [1.165, 1.54) is 12.5 Å². The molecule has 3 rings (SSSR count). The van der Waals surface area contributed by atoms with Gasteiger partial charge < -0.3 is 9.73 Å². The largest absolute Gasteiger partial charge is 0.472 e. The molecule has 1 N–H and O–H groups in total. The summed E-state index contributed by atoms with van der Waals surface area (Å²) in [6, 6.07) is 1.61. The monoisotopic (exact) mass is 283 g/mol. The van der Waals surface area contributed by atoms with Gasteiger partial charge in [0.2, 0.25) is 0 Å². The first-order chi connectivity index (χ1) is 10.2. The van der Waals surface area contributed by atoms with E-state index in [1.807, 2.05) is 13.2 Å². The number of nitrogens with zero attached hydrogens (tertiary/aromatic N) is 4. The average molecular weight is 283 g/mol. The molecule has 0 unspecified atom stereocenters. The van der Waals surface area contributed by atoms with Crippen molar-refractivity contribution in [2.24, 2.45) is 7.05 Å². The lowest BCUT2D eigenvalue weighted by atomic mass is 10.2. The summed E-state index contributed by atoms with van der Waals surface area (Å²) in [5, 5.41) is 6.91. The van der Waals surface area contributed by atoms with E-state index in [0.717, 1.165) is 5.56 Å². The van der Waals surface area contributed by atoms with E-state index >= 15 is 0 Å². The zero-order valence-electron chi connectivity index (χ0n) is 11.4. The third-order valence-electron chi connectivity index (χ3n) is 2.95. The molecule has 0 bridgehead atoms. The van der Waals surface area contributed by atoms with Crippen LogP contribution in [0.2, 0.25) is 0 Å². The standard InChI is InChI=1S/C14H13N5O2/c1-19-8-11(6-18-19)13-12(15-3-4-16-13)7-17-14(20)10-2-5-21-9-10/h2-6,8-9H,7H2,1H3,(H,17,20). The molecule has 0 saturated heterocycles. The van der Waals surface area contributed by atoms with Crippen molar-refractivity contribution in [2.75, 3.05) is 0 Å². The van der Waals surface area contributed by atoms with Gasteiger partial charge in [0.05, 0.1) is 36.0 Å². The van der Waals surface area contributed by atoms with Crippen LogP contribution < -0.4 is 5.32 Å². The molecular formula is C14H13N5O2. The molecule has 3 aromatic rings. The molecule has 0 aromatic carbocycles. The van der Waals surface area contributed by atoms with Gasteiger partial charge in [-0.2, -0.15) is 5.10 Å². The lowest BCUT2D eigenvalue weighted by Crippen LogP contribution is -2.23. The first kappa shape index (κ1) is 13.0. The Kier molecular flexibility index (Phi) is 3.46. The highest BCUT2D eigenvalue weighted by molar-refractivity contribution is 5.93. The second kappa shape index (κ2) is 5.58. The Bertz CT molecular complexity index is 748. The van der Waals surface area contributed by atoms with Gasteiger partial charge >= 0.3 is 0 Å². The minimum atomic E-state index is -0.216. The molecule has 106 valence electrons. The third-order valence-corrected chi connectivity index (χ3v) is 2.95. The van der Waals surface area contributed by atoms with Crippen LogP contribution in [0.1, 0.15) is 16.1 Å². The molecule has 0 radical (unpaired) electrons. The van der Waals surface area contributed by atoms with E-state index in [-0.39, 0.29) is 12.5 Å². The van der Waals surface area contributed by atoms with Crippen molar-refractivity contribution in [3.8, 4) is 11.3 Å². The number of rotatable bonds is 4. The van der Waals surface area contributed by atoms with Crippen molar-refractivity contribution in [1.29, 1.82) is 0 Å². The summed E-state index contributed by atoms with van der Waals surface area (Å²) in [6.45, 7) is 0.280. The van der Waals surface area contributed by atoms with Crippen LogP contribution in [-0.4, -0.2) is 25.7 Å². The molecule has 3 heterocycles. The average Bonchev–Trinajstić information content (AvgIpc) is 3.16. The van der Waals surface area contributed by atoms with Crippen molar-refractivity contribution in [2.45, 2.75) is 6.54 Å². The molecule has 1 amide bonds. The number of nitrogens with one attached hydrogen (secondary N) is 1. The van der Waals surface area contributed by atoms with Crippen LogP contribution >= 0.6 is 0 Å². The van der Waals surface area contributed by atoms with Crippen LogP contribution in [0.4, 0.5) is 0 Å². The Morgan fingerprint density at radius 2 is 2.24 bits per heavy atom. The molecular weight excluding hydrogens is 270 g/mol. The van der Waals surface area contributed by atoms with E-state index in [2.05, 4.69) is 20.4 Å². The second-order valence-corrected chi connectivity index (χ2v) is 4.45. The summed E-state index contributed by atoms with van der Waals surface area (Å²) >= 11 is 0. The highest BCUT2D eigenvalue weighted by Crippen LogP contribution is 2.18. The summed E-state index contributed by atoms with van der Waals surface area (Å²) < 4.78 is 6.58. The molecule has 0 saturated carbocycles. The van der Waals surface area contributed by atoms with E-state index in [9.17, 15) is 4.79 Å². The van der Waals surface area contributed by atoms with E-state index in [1.54, 1.807) is 29.3 Å². The molecule has 0 atom stereocenters. The van der Waals surface area contributed by atoms with Crippen molar-refractivity contribution in [1.82, 2.24) is 25.1 Å². The summed E-state index contributed by atoms with van der Waals surface area (Å²) in [7, 11) is 1.83. The van der Waals surface area contributed by atoms with Gasteiger partial charge in [0.25, 0.3) is 5.91 Å². The van der Waals surface area contributed by atoms with Crippen molar-refractivity contribution in [3.63, 3.8) is 0 Å². The summed E-state index contributed by atoms with van der Waals surface area (Å²) in [5.41, 5.74) is 2.72. The smallest absolute Gasteiger partial charge is 0.254 e. The van der Waals surface area contributed by atoms with Gasteiger partial charge in [-0.15, -0.1) is 0 Å². The quantitative estimate of drug-likeness (QED) is 0.782. The highest BCUT2D eigenvalue weighted by atomic mass is 16.3. The van der Waals surface area contributed by atoms with Gasteiger partial charge in [-0.05, 0) is 6.07 Å². The van der Waals surface area contributed by atoms with Gasteiger partial charge in [0.1, 0.15) is 6.26 Å². The number of hydrogen-bond acceptors (Lipinski definition) is 5. The maximum Gasteiger partial charge on any atom is 0.254 e. The van der Waals surface area contributed by atoms with Crippen molar-refractivity contribution in [3.05, 3.63) is 54.6 Å². The lowest BCUT2D eigenvalue weighted by molar-refractivity contribution is 0.0950. The van der Waals surface area contributed by atoms with Gasteiger partial charge in [-0.25, -0.2) is 0 Å². The predicted molar refractivity (Wildman–Crippen MR) is 74.1 cm³/mol. The van der Waals surface area contributed by atoms with Crippen LogP contribution in [-0.2, 0) is 13.6 Å². The topological polar surface area (TPSA) is 85.8 Å². The maximum absolute atomic E-state index is 11.9.